The predicted molar refractivity (Wildman–Crippen MR) is 168 cm³/mol. The molecule has 3 aromatic carbocycles. The van der Waals surface area contributed by atoms with Gasteiger partial charge in [0, 0.05) is 41.7 Å². The summed E-state index contributed by atoms with van der Waals surface area (Å²) in [5, 5.41) is 0. The van der Waals surface area contributed by atoms with E-state index >= 15 is 0 Å². The molecule has 0 unspecified atom stereocenters. The third-order valence-electron chi connectivity index (χ3n) is 6.76. The standard InChI is InChI=1S/C31H29BrN2O5S3/c1-23-8-12-29(13-9-23)41(35,36)33(18-25-16-17-39-31(25)32)19-26-20-34(42(37,38)30-14-10-24(2)11-15-30)21-27(26)22-40-28-6-4-3-5-7-28/h3-17,20-21H,18-19,22H2,1-2H3. The van der Waals surface area contributed by atoms with Crippen LogP contribution in [0.25, 0.3) is 0 Å². The number of hydrogen-bond donors (Lipinski definition) is 0. The molecular formula is C31H29BrN2O5S3. The average Bonchev–Trinajstić information content (AvgIpc) is 3.58. The molecule has 0 N–H and O–H groups in total. The number of benzene rings is 3. The topological polar surface area (TPSA) is 89.6 Å². The lowest BCUT2D eigenvalue weighted by Crippen LogP contribution is -2.30. The molecule has 0 amide bonds. The molecule has 5 aromatic rings. The van der Waals surface area contributed by atoms with Crippen molar-refractivity contribution in [2.75, 3.05) is 0 Å². The first-order valence-corrected chi connectivity index (χ1v) is 17.7. The van der Waals surface area contributed by atoms with Crippen LogP contribution < -0.4 is 0 Å². The Hall–Kier alpha value is -3.09. The van der Waals surface area contributed by atoms with Gasteiger partial charge < -0.3 is 4.42 Å². The molecule has 0 aliphatic rings. The lowest BCUT2D eigenvalue weighted by Gasteiger charge is -2.22. The lowest BCUT2D eigenvalue weighted by atomic mass is 10.2. The largest absolute Gasteiger partial charge is 0.457 e. The molecule has 42 heavy (non-hydrogen) atoms. The average molecular weight is 686 g/mol. The Kier molecular flexibility index (Phi) is 9.14. The minimum absolute atomic E-state index is 0.0223. The van der Waals surface area contributed by atoms with Crippen LogP contribution in [0.3, 0.4) is 0 Å². The maximum Gasteiger partial charge on any atom is 0.267 e. The van der Waals surface area contributed by atoms with Gasteiger partial charge in [0.05, 0.1) is 16.1 Å². The van der Waals surface area contributed by atoms with Crippen molar-refractivity contribution >= 4 is 47.7 Å². The van der Waals surface area contributed by atoms with Crippen molar-refractivity contribution in [1.29, 1.82) is 0 Å². The van der Waals surface area contributed by atoms with Crippen molar-refractivity contribution in [3.63, 3.8) is 0 Å². The minimum Gasteiger partial charge on any atom is -0.457 e. The summed E-state index contributed by atoms with van der Waals surface area (Å²) in [5.41, 5.74) is 3.85. The van der Waals surface area contributed by atoms with Crippen LogP contribution in [0.1, 0.15) is 27.8 Å². The van der Waals surface area contributed by atoms with E-state index in [0.29, 0.717) is 21.5 Å². The minimum atomic E-state index is -3.97. The highest BCUT2D eigenvalue weighted by molar-refractivity contribution is 9.10. The molecule has 0 fully saturated rings. The number of thioether (sulfide) groups is 1. The second kappa shape index (κ2) is 12.6. The van der Waals surface area contributed by atoms with Crippen LogP contribution in [0.15, 0.2) is 127 Å². The summed E-state index contributed by atoms with van der Waals surface area (Å²) in [6, 6.07) is 24.8. The fourth-order valence-electron chi connectivity index (χ4n) is 4.33. The number of nitrogens with zero attached hydrogens (tertiary/aromatic N) is 2. The molecule has 0 saturated carbocycles. The Bertz CT molecular complexity index is 1880. The van der Waals surface area contributed by atoms with Gasteiger partial charge in [0.1, 0.15) is 0 Å². The highest BCUT2D eigenvalue weighted by Crippen LogP contribution is 2.31. The predicted octanol–water partition coefficient (Wildman–Crippen LogP) is 7.38. The molecule has 11 heteroatoms. The zero-order valence-electron chi connectivity index (χ0n) is 23.0. The summed E-state index contributed by atoms with van der Waals surface area (Å²) in [7, 11) is -7.88. The van der Waals surface area contributed by atoms with E-state index in [1.54, 1.807) is 72.6 Å². The number of sulfonamides is 1. The molecule has 5 rings (SSSR count). The molecule has 0 spiro atoms. The van der Waals surface area contributed by atoms with Gasteiger partial charge in [-0.15, -0.1) is 11.8 Å². The number of halogens is 1. The first-order chi connectivity index (χ1) is 20.0. The Balaban J connectivity index is 1.57. The molecule has 0 saturated heterocycles. The van der Waals surface area contributed by atoms with E-state index in [4.69, 9.17) is 4.42 Å². The van der Waals surface area contributed by atoms with Crippen LogP contribution in [-0.2, 0) is 38.9 Å². The maximum absolute atomic E-state index is 14.0. The maximum atomic E-state index is 14.0. The molecule has 0 aliphatic heterocycles. The molecule has 0 bridgehead atoms. The molecule has 7 nitrogen and oxygen atoms in total. The molecule has 0 atom stereocenters. The fraction of sp³-hybridized carbons (Fsp3) is 0.161. The highest BCUT2D eigenvalue weighted by Gasteiger charge is 2.29. The summed E-state index contributed by atoms with van der Waals surface area (Å²) in [5.74, 6) is 0.448. The van der Waals surface area contributed by atoms with E-state index in [-0.39, 0.29) is 22.9 Å². The summed E-state index contributed by atoms with van der Waals surface area (Å²) in [6.45, 7) is 3.76. The van der Waals surface area contributed by atoms with Crippen LogP contribution >= 0.6 is 27.7 Å². The van der Waals surface area contributed by atoms with Gasteiger partial charge in [-0.3, -0.25) is 0 Å². The smallest absolute Gasteiger partial charge is 0.267 e. The SMILES string of the molecule is Cc1ccc(S(=O)(=O)N(Cc2cn(S(=O)(=O)c3ccc(C)cc3)cc2CSc2ccccc2)Cc2ccoc2Br)cc1. The van der Waals surface area contributed by atoms with Crippen molar-refractivity contribution in [3.8, 4) is 0 Å². The van der Waals surface area contributed by atoms with Crippen LogP contribution in [0.2, 0.25) is 0 Å². The number of aryl methyl sites for hydroxylation is 2. The second-order valence-corrected chi connectivity index (χ2v) is 15.4. The van der Waals surface area contributed by atoms with Crippen molar-refractivity contribution < 1.29 is 21.3 Å². The monoisotopic (exact) mass is 684 g/mol. The zero-order chi connectivity index (χ0) is 29.9. The van der Waals surface area contributed by atoms with Crippen LogP contribution in [0.5, 0.6) is 0 Å². The van der Waals surface area contributed by atoms with Gasteiger partial charge in [-0.1, -0.05) is 53.6 Å². The van der Waals surface area contributed by atoms with Crippen molar-refractivity contribution in [1.82, 2.24) is 8.28 Å². The van der Waals surface area contributed by atoms with E-state index in [2.05, 4.69) is 15.9 Å². The Morgan fingerprint density at radius 3 is 1.90 bits per heavy atom. The zero-order valence-corrected chi connectivity index (χ0v) is 27.0. The number of hydrogen-bond acceptors (Lipinski definition) is 6. The van der Waals surface area contributed by atoms with Crippen LogP contribution in [-0.4, -0.2) is 25.1 Å². The molecule has 2 aromatic heterocycles. The van der Waals surface area contributed by atoms with Gasteiger partial charge in [-0.05, 0) is 83.4 Å². The second-order valence-electron chi connectivity index (χ2n) is 9.86. The van der Waals surface area contributed by atoms with Crippen molar-refractivity contribution in [2.24, 2.45) is 0 Å². The molecule has 0 radical (unpaired) electrons. The van der Waals surface area contributed by atoms with Gasteiger partial charge in [0.15, 0.2) is 4.67 Å². The van der Waals surface area contributed by atoms with E-state index in [9.17, 15) is 16.8 Å². The van der Waals surface area contributed by atoms with Gasteiger partial charge in [-0.2, -0.15) is 4.31 Å². The lowest BCUT2D eigenvalue weighted by molar-refractivity contribution is 0.396. The van der Waals surface area contributed by atoms with E-state index in [1.165, 1.54) is 20.7 Å². The first kappa shape index (κ1) is 30.4. The van der Waals surface area contributed by atoms with Gasteiger partial charge in [0.2, 0.25) is 10.0 Å². The summed E-state index contributed by atoms with van der Waals surface area (Å²) in [6.07, 6.45) is 4.60. The number of furan rings is 1. The Morgan fingerprint density at radius 2 is 1.31 bits per heavy atom. The molecule has 218 valence electrons. The molecular weight excluding hydrogens is 656 g/mol. The van der Waals surface area contributed by atoms with E-state index < -0.39 is 20.0 Å². The van der Waals surface area contributed by atoms with E-state index in [0.717, 1.165) is 21.6 Å². The third kappa shape index (κ3) is 6.76. The van der Waals surface area contributed by atoms with Crippen molar-refractivity contribution in [2.45, 2.75) is 47.4 Å². The number of rotatable bonds is 11. The fourth-order valence-corrected chi connectivity index (χ4v) is 8.28. The van der Waals surface area contributed by atoms with Gasteiger partial charge in [-0.25, -0.2) is 20.8 Å². The summed E-state index contributed by atoms with van der Waals surface area (Å²) >= 11 is 4.92. The van der Waals surface area contributed by atoms with E-state index in [1.807, 2.05) is 44.2 Å². The molecule has 0 aliphatic carbocycles. The van der Waals surface area contributed by atoms with Gasteiger partial charge >= 0.3 is 0 Å². The first-order valence-electron chi connectivity index (χ1n) is 13.0. The summed E-state index contributed by atoms with van der Waals surface area (Å²) < 4.78 is 63.6. The quantitative estimate of drug-likeness (QED) is 0.135. The van der Waals surface area contributed by atoms with Crippen molar-refractivity contribution in [3.05, 3.63) is 136 Å². The van der Waals surface area contributed by atoms with Gasteiger partial charge in [0.25, 0.3) is 10.0 Å². The highest BCUT2D eigenvalue weighted by atomic mass is 79.9. The Morgan fingerprint density at radius 1 is 0.738 bits per heavy atom. The number of aromatic nitrogens is 1. The third-order valence-corrected chi connectivity index (χ3v) is 12.0. The van der Waals surface area contributed by atoms with Crippen LogP contribution in [0, 0.1) is 13.8 Å². The van der Waals surface area contributed by atoms with Crippen LogP contribution in [0.4, 0.5) is 0 Å². The Labute approximate surface area is 259 Å². The normalized spacial score (nSPS) is 12.2. The summed E-state index contributed by atoms with van der Waals surface area (Å²) in [4.78, 5) is 1.33. The molecule has 2 heterocycles.